The summed E-state index contributed by atoms with van der Waals surface area (Å²) in [5.41, 5.74) is 10.0. The number of rotatable bonds is 3. The number of nitrogens with zero attached hydrogens (tertiary/aromatic N) is 1. The Hall–Kier alpha value is -2.47. The maximum absolute atomic E-state index is 13.7. The molecule has 0 saturated carbocycles. The molecule has 142 valence electrons. The molecule has 4 nitrogen and oxygen atoms in total. The van der Waals surface area contributed by atoms with Crippen LogP contribution in [0.5, 0.6) is 0 Å². The summed E-state index contributed by atoms with van der Waals surface area (Å²) >= 11 is 0. The third-order valence-electron chi connectivity index (χ3n) is 5.66. The van der Waals surface area contributed by atoms with Gasteiger partial charge >= 0.3 is 0 Å². The molecule has 0 bridgehead atoms. The summed E-state index contributed by atoms with van der Waals surface area (Å²) in [7, 11) is 0. The molecule has 3 N–H and O–H groups in total. The number of nitrogens with one attached hydrogen (secondary N) is 1. The number of carbonyl (C=O) groups excluding carboxylic acids is 1. The molecule has 1 aliphatic carbocycles. The summed E-state index contributed by atoms with van der Waals surface area (Å²) in [6.45, 7) is 1.85. The predicted octanol–water partition coefficient (Wildman–Crippen LogP) is 3.17. The van der Waals surface area contributed by atoms with Gasteiger partial charge < -0.3 is 16.0 Å². The largest absolute Gasteiger partial charge is 0.383 e. The summed E-state index contributed by atoms with van der Waals surface area (Å²) in [4.78, 5) is 14.7. The minimum atomic E-state index is -0.852. The third-order valence-corrected chi connectivity index (χ3v) is 5.66. The lowest BCUT2D eigenvalue weighted by Crippen LogP contribution is -2.38. The molecule has 2 aromatic carbocycles. The second kappa shape index (κ2) is 7.27. The molecule has 6 heteroatoms. The van der Waals surface area contributed by atoms with Crippen LogP contribution in [0.15, 0.2) is 36.4 Å². The van der Waals surface area contributed by atoms with Crippen molar-refractivity contribution in [2.75, 3.05) is 18.4 Å². The van der Waals surface area contributed by atoms with Gasteiger partial charge in [0.2, 0.25) is 5.91 Å². The van der Waals surface area contributed by atoms with Crippen molar-refractivity contribution in [3.63, 3.8) is 0 Å². The van der Waals surface area contributed by atoms with Gasteiger partial charge in [0, 0.05) is 43.7 Å². The number of aryl methyl sites for hydroxylation is 1. The lowest BCUT2D eigenvalue weighted by atomic mass is 9.91. The molecule has 0 spiro atoms. The molecular weight excluding hydrogens is 348 g/mol. The maximum atomic E-state index is 13.7. The molecule has 2 aromatic rings. The molecule has 1 amide bonds. The summed E-state index contributed by atoms with van der Waals surface area (Å²) in [6, 6.07) is 10.1. The molecular formula is C21H23F2N3O. The normalized spacial score (nSPS) is 19.7. The Labute approximate surface area is 157 Å². The lowest BCUT2D eigenvalue weighted by Gasteiger charge is -2.25. The third kappa shape index (κ3) is 3.54. The first-order valence-corrected chi connectivity index (χ1v) is 9.36. The van der Waals surface area contributed by atoms with Gasteiger partial charge in [-0.3, -0.25) is 4.79 Å². The van der Waals surface area contributed by atoms with E-state index in [1.807, 2.05) is 29.2 Å². The first-order chi connectivity index (χ1) is 13.0. The highest BCUT2D eigenvalue weighted by Crippen LogP contribution is 2.37. The van der Waals surface area contributed by atoms with Crippen LogP contribution in [-0.4, -0.2) is 29.9 Å². The van der Waals surface area contributed by atoms with Crippen LogP contribution in [0.1, 0.15) is 35.4 Å². The fourth-order valence-electron chi connectivity index (χ4n) is 4.20. The van der Waals surface area contributed by atoms with Gasteiger partial charge in [-0.25, -0.2) is 8.78 Å². The second-order valence-corrected chi connectivity index (χ2v) is 7.38. The van der Waals surface area contributed by atoms with Crippen LogP contribution in [0.2, 0.25) is 0 Å². The minimum Gasteiger partial charge on any atom is -0.383 e. The molecule has 0 unspecified atom stereocenters. The average molecular weight is 371 g/mol. The van der Waals surface area contributed by atoms with Gasteiger partial charge in [-0.1, -0.05) is 18.2 Å². The Kier molecular flexibility index (Phi) is 4.83. The van der Waals surface area contributed by atoms with E-state index < -0.39 is 17.7 Å². The number of nitrogens with two attached hydrogens (primary N) is 1. The van der Waals surface area contributed by atoms with E-state index in [4.69, 9.17) is 5.73 Å². The van der Waals surface area contributed by atoms with Crippen molar-refractivity contribution in [1.82, 2.24) is 4.90 Å². The van der Waals surface area contributed by atoms with Crippen molar-refractivity contribution in [3.8, 4) is 0 Å². The lowest BCUT2D eigenvalue weighted by molar-refractivity contribution is -0.132. The molecule has 2 aliphatic rings. The van der Waals surface area contributed by atoms with Crippen molar-refractivity contribution in [2.24, 2.45) is 5.73 Å². The Morgan fingerprint density at radius 1 is 1.22 bits per heavy atom. The van der Waals surface area contributed by atoms with Gasteiger partial charge in [0.25, 0.3) is 0 Å². The molecule has 1 aliphatic heterocycles. The van der Waals surface area contributed by atoms with Crippen molar-refractivity contribution in [2.45, 2.75) is 37.8 Å². The zero-order valence-electron chi connectivity index (χ0n) is 15.1. The smallest absolute Gasteiger partial charge is 0.224 e. The zero-order chi connectivity index (χ0) is 19.0. The summed E-state index contributed by atoms with van der Waals surface area (Å²) in [5, 5.41) is 3.34. The van der Waals surface area contributed by atoms with Crippen molar-refractivity contribution < 1.29 is 13.6 Å². The Bertz CT molecular complexity index is 871. The standard InChI is InChI=1S/C21H23F2N3O/c22-17-9-13-5-6-15(16(13)10-18(17)23)19(24)11-21(27)26-8-7-25-20-4-2-1-3-14(20)12-26/h1-4,9-10,15,19,25H,5-8,11-12,24H2/t15-,19-/m0/s1. The first-order valence-electron chi connectivity index (χ1n) is 9.36. The van der Waals surface area contributed by atoms with E-state index in [1.54, 1.807) is 0 Å². The fourth-order valence-corrected chi connectivity index (χ4v) is 4.20. The van der Waals surface area contributed by atoms with Gasteiger partial charge in [0.1, 0.15) is 0 Å². The van der Waals surface area contributed by atoms with Crippen LogP contribution in [0, 0.1) is 11.6 Å². The maximum Gasteiger partial charge on any atom is 0.224 e. The van der Waals surface area contributed by atoms with E-state index in [0.717, 1.165) is 28.8 Å². The Balaban J connectivity index is 1.46. The van der Waals surface area contributed by atoms with Crippen LogP contribution < -0.4 is 11.1 Å². The fraction of sp³-hybridized carbons (Fsp3) is 0.381. The SMILES string of the molecule is N[C@@H](CC(=O)N1CCNc2ccccc2C1)[C@H]1CCc2cc(F)c(F)cc21. The average Bonchev–Trinajstić information content (AvgIpc) is 2.92. The Morgan fingerprint density at radius 3 is 2.85 bits per heavy atom. The zero-order valence-corrected chi connectivity index (χ0v) is 15.1. The van der Waals surface area contributed by atoms with E-state index in [-0.39, 0.29) is 18.2 Å². The molecule has 4 rings (SSSR count). The van der Waals surface area contributed by atoms with Gasteiger partial charge in [-0.2, -0.15) is 0 Å². The highest BCUT2D eigenvalue weighted by atomic mass is 19.2. The second-order valence-electron chi connectivity index (χ2n) is 7.38. The van der Waals surface area contributed by atoms with Gasteiger partial charge in [-0.05, 0) is 47.7 Å². The molecule has 0 fully saturated rings. The Morgan fingerprint density at radius 2 is 2.00 bits per heavy atom. The summed E-state index contributed by atoms with van der Waals surface area (Å²) < 4.78 is 27.1. The highest BCUT2D eigenvalue weighted by molar-refractivity contribution is 5.77. The summed E-state index contributed by atoms with van der Waals surface area (Å²) in [5.74, 6) is -1.79. The monoisotopic (exact) mass is 371 g/mol. The minimum absolute atomic E-state index is 0.00274. The number of amides is 1. The van der Waals surface area contributed by atoms with Crippen LogP contribution in [0.25, 0.3) is 0 Å². The van der Waals surface area contributed by atoms with Gasteiger partial charge in [0.15, 0.2) is 11.6 Å². The number of hydrogen-bond donors (Lipinski definition) is 2. The number of para-hydroxylation sites is 1. The summed E-state index contributed by atoms with van der Waals surface area (Å²) in [6.07, 6.45) is 1.59. The number of fused-ring (bicyclic) bond motifs is 2. The van der Waals surface area contributed by atoms with Crippen LogP contribution in [0.3, 0.4) is 0 Å². The number of anilines is 1. The van der Waals surface area contributed by atoms with Crippen LogP contribution >= 0.6 is 0 Å². The number of hydrogen-bond acceptors (Lipinski definition) is 3. The molecule has 0 saturated heterocycles. The van der Waals surface area contributed by atoms with E-state index in [2.05, 4.69) is 5.32 Å². The molecule has 1 heterocycles. The molecule has 0 aromatic heterocycles. The van der Waals surface area contributed by atoms with Gasteiger partial charge in [-0.15, -0.1) is 0 Å². The van der Waals surface area contributed by atoms with E-state index in [1.165, 1.54) is 12.1 Å². The van der Waals surface area contributed by atoms with Gasteiger partial charge in [0.05, 0.1) is 0 Å². The highest BCUT2D eigenvalue weighted by Gasteiger charge is 2.31. The quantitative estimate of drug-likeness (QED) is 0.871. The molecule has 0 radical (unpaired) electrons. The number of carbonyl (C=O) groups is 1. The molecule has 27 heavy (non-hydrogen) atoms. The van der Waals surface area contributed by atoms with Crippen LogP contribution in [-0.2, 0) is 17.8 Å². The number of benzene rings is 2. The predicted molar refractivity (Wildman–Crippen MR) is 100 cm³/mol. The topological polar surface area (TPSA) is 58.4 Å². The first kappa shape index (κ1) is 17.9. The van der Waals surface area contributed by atoms with Crippen molar-refractivity contribution in [3.05, 3.63) is 64.7 Å². The molecule has 2 atom stereocenters. The number of halogens is 2. The van der Waals surface area contributed by atoms with Crippen molar-refractivity contribution in [1.29, 1.82) is 0 Å². The van der Waals surface area contributed by atoms with Crippen molar-refractivity contribution >= 4 is 11.6 Å². The van der Waals surface area contributed by atoms with E-state index >= 15 is 0 Å². The van der Waals surface area contributed by atoms with E-state index in [0.29, 0.717) is 26.1 Å². The van der Waals surface area contributed by atoms with Crippen LogP contribution in [0.4, 0.5) is 14.5 Å². The van der Waals surface area contributed by atoms with E-state index in [9.17, 15) is 13.6 Å².